The highest BCUT2D eigenvalue weighted by Crippen LogP contribution is 2.15. The summed E-state index contributed by atoms with van der Waals surface area (Å²) in [6.07, 6.45) is 0. The Morgan fingerprint density at radius 2 is 1.67 bits per heavy atom. The van der Waals surface area contributed by atoms with Gasteiger partial charge in [-0.2, -0.15) is 5.26 Å². The Balaban J connectivity index is 2.25. The zero-order valence-corrected chi connectivity index (χ0v) is 12.0. The molecular weight excluding hydrogens is 288 g/mol. The molecule has 0 aliphatic heterocycles. The van der Waals surface area contributed by atoms with Gasteiger partial charge < -0.3 is 5.11 Å². The molecule has 2 aromatic rings. The van der Waals surface area contributed by atoms with Crippen LogP contribution in [0.3, 0.4) is 0 Å². The lowest BCUT2D eigenvalue weighted by molar-refractivity contribution is 0.280. The average molecular weight is 302 g/mol. The fraction of sp³-hybridized carbons (Fsp3) is 0.133. The molecule has 0 spiro atoms. The van der Waals surface area contributed by atoms with Crippen molar-refractivity contribution >= 4 is 10.0 Å². The molecule has 21 heavy (non-hydrogen) atoms. The first-order chi connectivity index (χ1) is 10.1. The zero-order chi connectivity index (χ0) is 15.3. The van der Waals surface area contributed by atoms with Gasteiger partial charge in [-0.1, -0.05) is 36.4 Å². The van der Waals surface area contributed by atoms with Crippen LogP contribution < -0.4 is 4.72 Å². The number of hydrogen-bond donors (Lipinski definition) is 2. The number of aliphatic hydroxyl groups is 1. The number of aliphatic hydroxyl groups excluding tert-OH is 1. The molecular formula is C15H14N2O3S. The van der Waals surface area contributed by atoms with Gasteiger partial charge in [0.1, 0.15) is 6.07 Å². The summed E-state index contributed by atoms with van der Waals surface area (Å²) in [5.74, 6) is 0. The van der Waals surface area contributed by atoms with Crippen molar-refractivity contribution in [2.24, 2.45) is 0 Å². The van der Waals surface area contributed by atoms with E-state index in [9.17, 15) is 13.5 Å². The fourth-order valence-corrected chi connectivity index (χ4v) is 3.09. The molecule has 0 bridgehead atoms. The second-order valence-corrected chi connectivity index (χ2v) is 6.09. The van der Waals surface area contributed by atoms with E-state index in [1.165, 1.54) is 12.1 Å². The number of rotatable bonds is 5. The molecule has 2 aromatic carbocycles. The van der Waals surface area contributed by atoms with Crippen LogP contribution >= 0.6 is 0 Å². The van der Waals surface area contributed by atoms with Crippen molar-refractivity contribution in [1.29, 1.82) is 5.26 Å². The highest BCUT2D eigenvalue weighted by Gasteiger charge is 2.18. The van der Waals surface area contributed by atoms with Crippen molar-refractivity contribution < 1.29 is 13.5 Å². The van der Waals surface area contributed by atoms with Crippen molar-refractivity contribution in [2.75, 3.05) is 0 Å². The number of hydrogen-bond acceptors (Lipinski definition) is 4. The SMILES string of the molecule is N#Cc1ccccc1S(=O)(=O)NCc1ccccc1CO. The van der Waals surface area contributed by atoms with E-state index in [-0.39, 0.29) is 23.6 Å². The maximum absolute atomic E-state index is 12.3. The summed E-state index contributed by atoms with van der Waals surface area (Å²) in [7, 11) is -3.78. The lowest BCUT2D eigenvalue weighted by atomic mass is 10.1. The topological polar surface area (TPSA) is 90.2 Å². The van der Waals surface area contributed by atoms with Gasteiger partial charge in [0.15, 0.2) is 0 Å². The van der Waals surface area contributed by atoms with Gasteiger partial charge in [0.05, 0.1) is 17.1 Å². The minimum Gasteiger partial charge on any atom is -0.392 e. The van der Waals surface area contributed by atoms with E-state index < -0.39 is 10.0 Å². The zero-order valence-electron chi connectivity index (χ0n) is 11.2. The molecule has 0 aromatic heterocycles. The summed E-state index contributed by atoms with van der Waals surface area (Å²) >= 11 is 0. The Kier molecular flexibility index (Phi) is 4.70. The van der Waals surface area contributed by atoms with Crippen LogP contribution in [0.25, 0.3) is 0 Å². The van der Waals surface area contributed by atoms with Crippen LogP contribution in [0.4, 0.5) is 0 Å². The van der Waals surface area contributed by atoms with Crippen LogP contribution in [0.15, 0.2) is 53.4 Å². The normalized spacial score (nSPS) is 11.0. The molecule has 5 nitrogen and oxygen atoms in total. The lowest BCUT2D eigenvalue weighted by Gasteiger charge is -2.10. The van der Waals surface area contributed by atoms with Crippen molar-refractivity contribution in [3.63, 3.8) is 0 Å². The predicted molar refractivity (Wildman–Crippen MR) is 77.5 cm³/mol. The molecule has 0 amide bonds. The van der Waals surface area contributed by atoms with E-state index in [0.29, 0.717) is 11.1 Å². The first-order valence-electron chi connectivity index (χ1n) is 6.25. The monoisotopic (exact) mass is 302 g/mol. The molecule has 0 saturated carbocycles. The molecule has 0 aliphatic rings. The van der Waals surface area contributed by atoms with Crippen LogP contribution in [0, 0.1) is 11.3 Å². The van der Waals surface area contributed by atoms with Crippen molar-refractivity contribution in [3.8, 4) is 6.07 Å². The third-order valence-electron chi connectivity index (χ3n) is 3.04. The number of nitrogens with zero attached hydrogens (tertiary/aromatic N) is 1. The van der Waals surface area contributed by atoms with E-state index in [1.807, 2.05) is 6.07 Å². The van der Waals surface area contributed by atoms with Gasteiger partial charge in [0, 0.05) is 6.54 Å². The van der Waals surface area contributed by atoms with E-state index in [0.717, 1.165) is 0 Å². The van der Waals surface area contributed by atoms with Gasteiger partial charge in [0.25, 0.3) is 0 Å². The van der Waals surface area contributed by atoms with Gasteiger partial charge in [-0.25, -0.2) is 13.1 Å². The Bertz CT molecular complexity index is 780. The second-order valence-electron chi connectivity index (χ2n) is 4.36. The molecule has 2 rings (SSSR count). The number of benzene rings is 2. The molecule has 6 heteroatoms. The fourth-order valence-electron chi connectivity index (χ4n) is 1.93. The average Bonchev–Trinajstić information content (AvgIpc) is 2.53. The van der Waals surface area contributed by atoms with E-state index in [1.54, 1.807) is 36.4 Å². The smallest absolute Gasteiger partial charge is 0.242 e. The van der Waals surface area contributed by atoms with Crippen LogP contribution in [-0.2, 0) is 23.2 Å². The van der Waals surface area contributed by atoms with Crippen LogP contribution in [0.1, 0.15) is 16.7 Å². The second kappa shape index (κ2) is 6.50. The third-order valence-corrected chi connectivity index (χ3v) is 4.50. The summed E-state index contributed by atoms with van der Waals surface area (Å²) in [6, 6.07) is 14.9. The van der Waals surface area contributed by atoms with Crippen LogP contribution in [-0.4, -0.2) is 13.5 Å². The molecule has 2 N–H and O–H groups in total. The van der Waals surface area contributed by atoms with Crippen LogP contribution in [0.2, 0.25) is 0 Å². The summed E-state index contributed by atoms with van der Waals surface area (Å²) in [6.45, 7) is -0.106. The van der Waals surface area contributed by atoms with Crippen molar-refractivity contribution in [2.45, 2.75) is 18.0 Å². The van der Waals surface area contributed by atoms with Gasteiger partial charge in [-0.05, 0) is 23.3 Å². The van der Waals surface area contributed by atoms with Gasteiger partial charge >= 0.3 is 0 Å². The standard InChI is InChI=1S/C15H14N2O3S/c16-9-12-5-3-4-8-15(12)21(19,20)17-10-13-6-1-2-7-14(13)11-18/h1-8,17-18H,10-11H2. The number of nitrogens with one attached hydrogen (secondary N) is 1. The minimum atomic E-state index is -3.78. The predicted octanol–water partition coefficient (Wildman–Crippen LogP) is 1.53. The maximum atomic E-state index is 12.3. The Morgan fingerprint density at radius 1 is 1.05 bits per heavy atom. The Labute approximate surface area is 123 Å². The largest absolute Gasteiger partial charge is 0.392 e. The summed E-state index contributed by atoms with van der Waals surface area (Å²) in [4.78, 5) is -0.0472. The summed E-state index contributed by atoms with van der Waals surface area (Å²) in [5, 5.41) is 18.2. The van der Waals surface area contributed by atoms with Gasteiger partial charge in [-0.3, -0.25) is 0 Å². The molecule has 0 fully saturated rings. The molecule has 0 aliphatic carbocycles. The van der Waals surface area contributed by atoms with Gasteiger partial charge in [0.2, 0.25) is 10.0 Å². The molecule has 0 saturated heterocycles. The van der Waals surface area contributed by atoms with Crippen LogP contribution in [0.5, 0.6) is 0 Å². The van der Waals surface area contributed by atoms with Crippen molar-refractivity contribution in [3.05, 3.63) is 65.2 Å². The van der Waals surface area contributed by atoms with E-state index in [2.05, 4.69) is 4.72 Å². The first kappa shape index (κ1) is 15.2. The summed E-state index contributed by atoms with van der Waals surface area (Å²) in [5.41, 5.74) is 1.45. The highest BCUT2D eigenvalue weighted by atomic mass is 32.2. The third kappa shape index (κ3) is 3.47. The van der Waals surface area contributed by atoms with Gasteiger partial charge in [-0.15, -0.1) is 0 Å². The maximum Gasteiger partial charge on any atom is 0.242 e. The van der Waals surface area contributed by atoms with Crippen molar-refractivity contribution in [1.82, 2.24) is 4.72 Å². The van der Waals surface area contributed by atoms with E-state index in [4.69, 9.17) is 5.26 Å². The number of nitriles is 1. The molecule has 0 radical (unpaired) electrons. The minimum absolute atomic E-state index is 0.0472. The Morgan fingerprint density at radius 3 is 2.33 bits per heavy atom. The molecule has 108 valence electrons. The lowest BCUT2D eigenvalue weighted by Crippen LogP contribution is -2.24. The summed E-state index contributed by atoms with van der Waals surface area (Å²) < 4.78 is 27.0. The Hall–Kier alpha value is -2.20. The molecule has 0 atom stereocenters. The highest BCUT2D eigenvalue weighted by molar-refractivity contribution is 7.89. The molecule has 0 unspecified atom stereocenters. The quantitative estimate of drug-likeness (QED) is 0.876. The van der Waals surface area contributed by atoms with E-state index >= 15 is 0 Å². The molecule has 0 heterocycles. The first-order valence-corrected chi connectivity index (χ1v) is 7.73. The number of sulfonamides is 1.